The Morgan fingerprint density at radius 1 is 1.17 bits per heavy atom. The van der Waals surface area contributed by atoms with Gasteiger partial charge in [-0.1, -0.05) is 0 Å². The number of nitrogens with one attached hydrogen (secondary N) is 1. The minimum Gasteiger partial charge on any atom is -0.484 e. The van der Waals surface area contributed by atoms with Gasteiger partial charge in [-0.3, -0.25) is 9.59 Å². The molecule has 3 rings (SSSR count). The molecule has 2 aliphatic heterocycles. The van der Waals surface area contributed by atoms with Gasteiger partial charge in [-0.25, -0.2) is 0 Å². The number of amides is 2. The van der Waals surface area contributed by atoms with Crippen molar-refractivity contribution in [1.29, 1.82) is 0 Å². The molecule has 2 fully saturated rings. The number of hydrogen-bond acceptors (Lipinski definition) is 4. The summed E-state index contributed by atoms with van der Waals surface area (Å²) in [6.07, 6.45) is 3.37. The van der Waals surface area contributed by atoms with Crippen LogP contribution in [0, 0.1) is 5.41 Å². The molecule has 0 bridgehead atoms. The Morgan fingerprint density at radius 2 is 1.87 bits per heavy atom. The highest BCUT2D eigenvalue weighted by Gasteiger charge is 2.38. The molecule has 1 spiro atoms. The highest BCUT2D eigenvalue weighted by atomic mass is 16.5. The van der Waals surface area contributed by atoms with E-state index in [1.54, 1.807) is 24.3 Å². The molecule has 23 heavy (non-hydrogen) atoms. The second-order valence-corrected chi connectivity index (χ2v) is 6.50. The summed E-state index contributed by atoms with van der Waals surface area (Å²) in [6, 6.07) is 6.87. The molecule has 1 aromatic carbocycles. The number of nitrogens with zero attached hydrogens (tertiary/aromatic N) is 1. The molecule has 2 saturated heterocycles. The van der Waals surface area contributed by atoms with Crippen LogP contribution in [0.4, 0.5) is 0 Å². The molecule has 0 aromatic heterocycles. The largest absolute Gasteiger partial charge is 0.484 e. The molecule has 3 N–H and O–H groups in total. The first-order valence-corrected chi connectivity index (χ1v) is 8.09. The number of carbonyl (C=O) groups excluding carboxylic acids is 2. The van der Waals surface area contributed by atoms with E-state index in [1.807, 2.05) is 4.90 Å². The topological polar surface area (TPSA) is 84.7 Å². The molecule has 6 heteroatoms. The Morgan fingerprint density at radius 3 is 2.43 bits per heavy atom. The number of rotatable bonds is 4. The number of nitrogens with two attached hydrogens (primary N) is 1. The first-order chi connectivity index (χ1) is 11.1. The van der Waals surface area contributed by atoms with Gasteiger partial charge in [0.25, 0.3) is 11.8 Å². The van der Waals surface area contributed by atoms with Crippen molar-refractivity contribution in [2.24, 2.45) is 11.1 Å². The maximum Gasteiger partial charge on any atom is 0.255 e. The van der Waals surface area contributed by atoms with Crippen LogP contribution in [0.1, 0.15) is 29.6 Å². The fourth-order valence-electron chi connectivity index (χ4n) is 3.44. The van der Waals surface area contributed by atoms with Crippen molar-refractivity contribution in [3.63, 3.8) is 0 Å². The van der Waals surface area contributed by atoms with E-state index in [-0.39, 0.29) is 12.5 Å². The molecule has 2 aliphatic rings. The van der Waals surface area contributed by atoms with Crippen LogP contribution >= 0.6 is 0 Å². The molecule has 0 radical (unpaired) electrons. The fraction of sp³-hybridized carbons (Fsp3) is 0.529. The molecular formula is C17H23N3O3. The van der Waals surface area contributed by atoms with Crippen LogP contribution in [-0.4, -0.2) is 49.5 Å². The third-order valence-corrected chi connectivity index (χ3v) is 4.93. The minimum atomic E-state index is -0.520. The first-order valence-electron chi connectivity index (χ1n) is 8.09. The normalized spacial score (nSPS) is 19.7. The standard InChI is InChI=1S/C17H23N3O3/c18-15(21)11-23-14-3-1-13(2-4-14)16(22)20-9-6-17(7-10-20)5-8-19-12-17/h1-4,19H,5-12H2,(H2,18,21). The van der Waals surface area contributed by atoms with Crippen LogP contribution in [0.15, 0.2) is 24.3 Å². The molecule has 2 amide bonds. The second kappa shape index (κ2) is 6.58. The second-order valence-electron chi connectivity index (χ2n) is 6.50. The van der Waals surface area contributed by atoms with Crippen LogP contribution in [0.25, 0.3) is 0 Å². The third kappa shape index (κ3) is 3.64. The van der Waals surface area contributed by atoms with Crippen molar-refractivity contribution in [2.75, 3.05) is 32.8 Å². The van der Waals surface area contributed by atoms with Crippen LogP contribution in [0.2, 0.25) is 0 Å². The van der Waals surface area contributed by atoms with Crippen molar-refractivity contribution >= 4 is 11.8 Å². The Bertz CT molecular complexity index is 569. The van der Waals surface area contributed by atoms with Gasteiger partial charge < -0.3 is 20.7 Å². The summed E-state index contributed by atoms with van der Waals surface area (Å²) in [5.74, 6) is 0.0797. The zero-order valence-electron chi connectivity index (χ0n) is 13.2. The first kappa shape index (κ1) is 15.8. The smallest absolute Gasteiger partial charge is 0.255 e. The van der Waals surface area contributed by atoms with Gasteiger partial charge in [-0.15, -0.1) is 0 Å². The van der Waals surface area contributed by atoms with Crippen LogP contribution in [0.3, 0.4) is 0 Å². The Labute approximate surface area is 136 Å². The molecule has 0 unspecified atom stereocenters. The number of likely N-dealkylation sites (tertiary alicyclic amines) is 1. The highest BCUT2D eigenvalue weighted by molar-refractivity contribution is 5.94. The fourth-order valence-corrected chi connectivity index (χ4v) is 3.44. The van der Waals surface area contributed by atoms with Crippen LogP contribution in [0.5, 0.6) is 5.75 Å². The zero-order chi connectivity index (χ0) is 16.3. The van der Waals surface area contributed by atoms with E-state index >= 15 is 0 Å². The summed E-state index contributed by atoms with van der Waals surface area (Å²) >= 11 is 0. The summed E-state index contributed by atoms with van der Waals surface area (Å²) in [5, 5.41) is 3.43. The van der Waals surface area contributed by atoms with E-state index in [0.717, 1.165) is 39.0 Å². The lowest BCUT2D eigenvalue weighted by atomic mass is 9.78. The number of piperidine rings is 1. The summed E-state index contributed by atoms with van der Waals surface area (Å²) in [5.41, 5.74) is 6.09. The number of hydrogen-bond donors (Lipinski definition) is 2. The third-order valence-electron chi connectivity index (χ3n) is 4.93. The summed E-state index contributed by atoms with van der Waals surface area (Å²) in [7, 11) is 0. The summed E-state index contributed by atoms with van der Waals surface area (Å²) in [4.78, 5) is 25.2. The van der Waals surface area contributed by atoms with E-state index in [9.17, 15) is 9.59 Å². The van der Waals surface area contributed by atoms with Crippen molar-refractivity contribution in [3.8, 4) is 5.75 Å². The van der Waals surface area contributed by atoms with Gasteiger partial charge in [0.2, 0.25) is 0 Å². The van der Waals surface area contributed by atoms with Crippen molar-refractivity contribution in [1.82, 2.24) is 10.2 Å². The molecule has 0 saturated carbocycles. The van der Waals surface area contributed by atoms with Gasteiger partial charge in [0.15, 0.2) is 6.61 Å². The number of carbonyl (C=O) groups is 2. The molecular weight excluding hydrogens is 294 g/mol. The Balaban J connectivity index is 1.57. The lowest BCUT2D eigenvalue weighted by Gasteiger charge is -2.38. The average molecular weight is 317 g/mol. The van der Waals surface area contributed by atoms with E-state index < -0.39 is 5.91 Å². The SMILES string of the molecule is NC(=O)COc1ccc(C(=O)N2CCC3(CCNC3)CC2)cc1. The predicted molar refractivity (Wildman–Crippen MR) is 86.2 cm³/mol. The van der Waals surface area contributed by atoms with E-state index in [4.69, 9.17) is 10.5 Å². The van der Waals surface area contributed by atoms with Gasteiger partial charge in [0, 0.05) is 25.2 Å². The molecule has 0 atom stereocenters. The monoisotopic (exact) mass is 317 g/mol. The summed E-state index contributed by atoms with van der Waals surface area (Å²) < 4.78 is 5.20. The Hall–Kier alpha value is -2.08. The lowest BCUT2D eigenvalue weighted by molar-refractivity contribution is -0.119. The molecule has 2 heterocycles. The minimum absolute atomic E-state index is 0.0623. The van der Waals surface area contributed by atoms with Gasteiger partial charge >= 0.3 is 0 Å². The van der Waals surface area contributed by atoms with Crippen LogP contribution < -0.4 is 15.8 Å². The van der Waals surface area contributed by atoms with Gasteiger partial charge in [0.1, 0.15) is 5.75 Å². The number of ether oxygens (including phenoxy) is 1. The number of benzene rings is 1. The van der Waals surface area contributed by atoms with Gasteiger partial charge in [-0.05, 0) is 55.5 Å². The quantitative estimate of drug-likeness (QED) is 0.859. The maximum absolute atomic E-state index is 12.6. The molecule has 6 nitrogen and oxygen atoms in total. The molecule has 1 aromatic rings. The maximum atomic E-state index is 12.6. The predicted octanol–water partition coefficient (Wildman–Crippen LogP) is 0.766. The van der Waals surface area contributed by atoms with Crippen molar-refractivity contribution in [2.45, 2.75) is 19.3 Å². The molecule has 0 aliphatic carbocycles. The van der Waals surface area contributed by atoms with Crippen molar-refractivity contribution < 1.29 is 14.3 Å². The van der Waals surface area contributed by atoms with Gasteiger partial charge in [-0.2, -0.15) is 0 Å². The highest BCUT2D eigenvalue weighted by Crippen LogP contribution is 2.37. The van der Waals surface area contributed by atoms with Gasteiger partial charge in [0.05, 0.1) is 0 Å². The van der Waals surface area contributed by atoms with E-state index in [0.29, 0.717) is 16.7 Å². The lowest BCUT2D eigenvalue weighted by Crippen LogP contribution is -2.44. The average Bonchev–Trinajstić information content (AvgIpc) is 3.02. The van der Waals surface area contributed by atoms with Crippen LogP contribution in [-0.2, 0) is 4.79 Å². The summed E-state index contributed by atoms with van der Waals surface area (Å²) in [6.45, 7) is 3.66. The van der Waals surface area contributed by atoms with E-state index in [1.165, 1.54) is 6.42 Å². The zero-order valence-corrected chi connectivity index (χ0v) is 13.2. The molecule has 124 valence electrons. The number of primary amides is 1. The Kier molecular flexibility index (Phi) is 4.52. The van der Waals surface area contributed by atoms with E-state index in [2.05, 4.69) is 5.32 Å². The van der Waals surface area contributed by atoms with Crippen molar-refractivity contribution in [3.05, 3.63) is 29.8 Å².